The number of amides is 1. The van der Waals surface area contributed by atoms with Crippen molar-refractivity contribution in [1.82, 2.24) is 49.9 Å². The summed E-state index contributed by atoms with van der Waals surface area (Å²) in [5, 5.41) is 26.8. The second-order valence-corrected chi connectivity index (χ2v) is 14.6. The van der Waals surface area contributed by atoms with Crippen molar-refractivity contribution in [3.05, 3.63) is 54.6 Å². The van der Waals surface area contributed by atoms with Crippen molar-refractivity contribution < 1.29 is 9.59 Å². The number of hydrogen-bond acceptors (Lipinski definition) is 12. The normalized spacial score (nSPS) is 24.2. The van der Waals surface area contributed by atoms with E-state index in [0.29, 0.717) is 11.5 Å². The lowest BCUT2D eigenvalue weighted by Crippen LogP contribution is -2.69. The van der Waals surface area contributed by atoms with Crippen LogP contribution in [-0.4, -0.2) is 107 Å². The van der Waals surface area contributed by atoms with Crippen LogP contribution in [-0.2, 0) is 4.79 Å². The maximum Gasteiger partial charge on any atom is 0.261 e. The van der Waals surface area contributed by atoms with Crippen LogP contribution in [0.4, 0.5) is 11.6 Å². The van der Waals surface area contributed by atoms with E-state index in [1.165, 1.54) is 11.1 Å². The van der Waals surface area contributed by atoms with Gasteiger partial charge in [0.1, 0.15) is 48.4 Å². The molecule has 53 heavy (non-hydrogen) atoms. The first-order valence-corrected chi connectivity index (χ1v) is 18.0. The van der Waals surface area contributed by atoms with E-state index < -0.39 is 0 Å². The van der Waals surface area contributed by atoms with Gasteiger partial charge in [0.05, 0.1) is 34.1 Å². The Morgan fingerprint density at radius 3 is 1.96 bits per heavy atom. The van der Waals surface area contributed by atoms with Gasteiger partial charge in [-0.05, 0) is 56.7 Å². The van der Waals surface area contributed by atoms with Crippen LogP contribution in [0, 0.1) is 48.3 Å². The molecule has 4 fully saturated rings. The summed E-state index contributed by atoms with van der Waals surface area (Å²) in [6, 6.07) is 9.61. The quantitative estimate of drug-likeness (QED) is 0.245. The van der Waals surface area contributed by atoms with Crippen LogP contribution in [0.2, 0.25) is 0 Å². The van der Waals surface area contributed by atoms with Gasteiger partial charge in [-0.1, -0.05) is 13.8 Å². The van der Waals surface area contributed by atoms with Crippen LogP contribution in [0.25, 0.3) is 22.1 Å². The molecule has 0 aromatic carbocycles. The lowest BCUT2D eigenvalue weighted by Gasteiger charge is -2.55. The summed E-state index contributed by atoms with van der Waals surface area (Å²) in [5.41, 5.74) is 3.49. The number of carbonyl (C=O) groups is 2. The van der Waals surface area contributed by atoms with E-state index in [1.807, 2.05) is 36.4 Å². The number of nitrogens with one attached hydrogen (secondary N) is 3. The van der Waals surface area contributed by atoms with Gasteiger partial charge in [0.25, 0.3) is 5.91 Å². The fraction of sp³-hybridized carbons (Fsp3) is 0.486. The summed E-state index contributed by atoms with van der Waals surface area (Å²) < 4.78 is 1.26. The third kappa shape index (κ3) is 6.44. The number of hydrogen-bond donors (Lipinski definition) is 3. The van der Waals surface area contributed by atoms with E-state index in [1.54, 1.807) is 31.7 Å². The highest BCUT2D eigenvalue weighted by Crippen LogP contribution is 2.45. The standard InChI is InChI=1S/C16H18N6O.C13H17N5.C8H9N3O/c1-11-8-22(13(23)2-5-17)16(11)4-7-21(9-16)15-12-3-6-18-14(12)19-10-20-15;1-9-6-17-13(9)3-5-18(7-13)12-10-2-4-14-11(10)15-8-16-12;1-6-5-7(2)11(10-6)8(12)3-4-9/h3,6,10-11H,2,4,7-9H2,1H3,(H,18,19,20);2,4,8-9,17H,3,5-7H2,1H3,(H,14,15,16);5H,3H2,1-2H3. The van der Waals surface area contributed by atoms with Crippen LogP contribution >= 0.6 is 0 Å². The van der Waals surface area contributed by atoms with Gasteiger partial charge in [0, 0.05) is 62.9 Å². The molecule has 0 saturated carbocycles. The third-order valence-corrected chi connectivity index (χ3v) is 11.5. The highest BCUT2D eigenvalue weighted by Gasteiger charge is 2.56. The molecule has 1 amide bonds. The summed E-state index contributed by atoms with van der Waals surface area (Å²) in [7, 11) is 0. The fourth-order valence-electron chi connectivity index (χ4n) is 8.31. The van der Waals surface area contributed by atoms with Crippen molar-refractivity contribution in [3.8, 4) is 12.1 Å². The second kappa shape index (κ2) is 14.3. The Kier molecular flexibility index (Phi) is 9.57. The molecular weight excluding hydrogens is 673 g/mol. The maximum absolute atomic E-state index is 12.2. The minimum atomic E-state index is -0.275. The Morgan fingerprint density at radius 2 is 1.45 bits per heavy atom. The lowest BCUT2D eigenvalue weighted by atomic mass is 9.74. The maximum atomic E-state index is 12.2. The molecular formula is C37H44N14O2. The first kappa shape index (κ1) is 35.5. The van der Waals surface area contributed by atoms with Crippen molar-refractivity contribution in [2.24, 2.45) is 11.8 Å². The summed E-state index contributed by atoms with van der Waals surface area (Å²) in [6.45, 7) is 13.8. The van der Waals surface area contributed by atoms with E-state index in [-0.39, 0.29) is 30.2 Å². The van der Waals surface area contributed by atoms with Gasteiger partial charge in [0.15, 0.2) is 0 Å². The van der Waals surface area contributed by atoms with Crippen molar-refractivity contribution in [2.45, 2.75) is 64.5 Å². The van der Waals surface area contributed by atoms with E-state index in [4.69, 9.17) is 10.5 Å². The van der Waals surface area contributed by atoms with E-state index in [0.717, 1.165) is 96.7 Å². The highest BCUT2D eigenvalue weighted by molar-refractivity contribution is 5.88. The van der Waals surface area contributed by atoms with E-state index in [2.05, 4.69) is 70.0 Å². The summed E-state index contributed by atoms with van der Waals surface area (Å²) in [5.74, 6) is 2.87. The van der Waals surface area contributed by atoms with Crippen LogP contribution in [0.15, 0.2) is 43.2 Å². The molecule has 0 aliphatic carbocycles. The Morgan fingerprint density at radius 1 is 0.849 bits per heavy atom. The zero-order chi connectivity index (χ0) is 37.3. The van der Waals surface area contributed by atoms with Crippen LogP contribution in [0.3, 0.4) is 0 Å². The minimum Gasteiger partial charge on any atom is -0.354 e. The number of rotatable bonds is 4. The smallest absolute Gasteiger partial charge is 0.261 e. The van der Waals surface area contributed by atoms with Crippen LogP contribution in [0.5, 0.6) is 0 Å². The van der Waals surface area contributed by atoms with Gasteiger partial charge in [0.2, 0.25) is 5.91 Å². The van der Waals surface area contributed by atoms with Crippen LogP contribution < -0.4 is 15.1 Å². The molecule has 4 unspecified atom stereocenters. The van der Waals surface area contributed by atoms with Crippen molar-refractivity contribution >= 4 is 45.5 Å². The monoisotopic (exact) mass is 716 g/mol. The lowest BCUT2D eigenvalue weighted by molar-refractivity contribution is -0.152. The number of fused-ring (bicyclic) bond motifs is 2. The molecule has 16 nitrogen and oxygen atoms in total. The average molecular weight is 717 g/mol. The molecule has 274 valence electrons. The predicted octanol–water partition coefficient (Wildman–Crippen LogP) is 3.50. The van der Waals surface area contributed by atoms with Gasteiger partial charge >= 0.3 is 0 Å². The summed E-state index contributed by atoms with van der Waals surface area (Å²) in [6.07, 6.45) is 8.98. The van der Waals surface area contributed by atoms with Gasteiger partial charge in [-0.2, -0.15) is 15.6 Å². The Labute approximate surface area is 307 Å². The number of nitrogens with zero attached hydrogens (tertiary/aromatic N) is 11. The molecule has 9 rings (SSSR count). The average Bonchev–Trinajstić information content (AvgIpc) is 4.00. The van der Waals surface area contributed by atoms with Gasteiger partial charge in [-0.15, -0.1) is 0 Å². The van der Waals surface area contributed by atoms with Gasteiger partial charge in [-0.25, -0.2) is 24.6 Å². The minimum absolute atomic E-state index is 0.0377. The van der Waals surface area contributed by atoms with Gasteiger partial charge in [-0.3, -0.25) is 9.59 Å². The van der Waals surface area contributed by atoms with Crippen molar-refractivity contribution in [1.29, 1.82) is 10.5 Å². The van der Waals surface area contributed by atoms with Crippen LogP contribution in [0.1, 0.15) is 55.7 Å². The number of likely N-dealkylation sites (tertiary alicyclic amines) is 1. The molecule has 3 N–H and O–H groups in total. The Bertz CT molecular complexity index is 2230. The molecule has 2 spiro atoms. The number of H-pyrrole nitrogens is 2. The molecule has 9 heterocycles. The summed E-state index contributed by atoms with van der Waals surface area (Å²) in [4.78, 5) is 53.6. The van der Waals surface area contributed by atoms with E-state index >= 15 is 0 Å². The first-order valence-electron chi connectivity index (χ1n) is 18.0. The topological polar surface area (TPSA) is 204 Å². The predicted molar refractivity (Wildman–Crippen MR) is 198 cm³/mol. The van der Waals surface area contributed by atoms with Crippen molar-refractivity contribution in [3.63, 3.8) is 0 Å². The zero-order valence-electron chi connectivity index (χ0n) is 30.5. The number of anilines is 2. The van der Waals surface area contributed by atoms with Crippen molar-refractivity contribution in [2.75, 3.05) is 49.1 Å². The Balaban J connectivity index is 0.000000130. The first-order chi connectivity index (χ1) is 25.6. The molecule has 16 heteroatoms. The molecule has 5 aromatic heterocycles. The molecule has 4 aliphatic rings. The zero-order valence-corrected chi connectivity index (χ0v) is 30.5. The highest BCUT2D eigenvalue weighted by atomic mass is 16.2. The fourth-order valence-corrected chi connectivity index (χ4v) is 8.31. The number of aromatic nitrogens is 8. The summed E-state index contributed by atoms with van der Waals surface area (Å²) >= 11 is 0. The molecule has 4 atom stereocenters. The molecule has 4 aliphatic heterocycles. The third-order valence-electron chi connectivity index (χ3n) is 11.5. The largest absolute Gasteiger partial charge is 0.354 e. The second-order valence-electron chi connectivity index (χ2n) is 14.6. The Hall–Kier alpha value is -5.87. The molecule has 5 aromatic rings. The number of aryl methyl sites for hydroxylation is 2. The SMILES string of the molecule is CC1CN(C(=O)CC#N)C12CCN(c1ncnc3[nH]ccc13)C2.CC1CNC12CCN(c1ncnc3[nH]ccc13)C2.Cc1cc(C)n(C(=O)CC#N)n1. The van der Waals surface area contributed by atoms with Gasteiger partial charge < -0.3 is 30.0 Å². The molecule has 4 saturated heterocycles. The number of aromatic amines is 2. The number of carbonyl (C=O) groups excluding carboxylic acids is 2. The molecule has 0 radical (unpaired) electrons. The van der Waals surface area contributed by atoms with E-state index in [9.17, 15) is 9.59 Å². The number of nitriles is 2. The molecule has 0 bridgehead atoms.